The van der Waals surface area contributed by atoms with Gasteiger partial charge in [0.15, 0.2) is 5.76 Å². The fourth-order valence-corrected chi connectivity index (χ4v) is 8.74. The van der Waals surface area contributed by atoms with E-state index in [0.717, 1.165) is 70.6 Å². The van der Waals surface area contributed by atoms with Crippen molar-refractivity contribution in [1.82, 2.24) is 9.80 Å². The lowest BCUT2D eigenvalue weighted by molar-refractivity contribution is -0.148. The number of fused-ring (bicyclic) bond motifs is 1. The molecule has 1 aromatic rings. The molecule has 2 amide bonds. The van der Waals surface area contributed by atoms with Gasteiger partial charge < -0.3 is 14.2 Å². The Balaban J connectivity index is 1.36. The van der Waals surface area contributed by atoms with Crippen LogP contribution in [-0.4, -0.2) is 66.2 Å². The van der Waals surface area contributed by atoms with Gasteiger partial charge in [-0.25, -0.2) is 8.42 Å². The van der Waals surface area contributed by atoms with Crippen LogP contribution in [0.5, 0.6) is 0 Å². The third-order valence-electron chi connectivity index (χ3n) is 9.46. The van der Waals surface area contributed by atoms with Crippen LogP contribution in [0.2, 0.25) is 0 Å². The van der Waals surface area contributed by atoms with Crippen molar-refractivity contribution >= 4 is 21.7 Å². The highest BCUT2D eigenvalue weighted by atomic mass is 32.2. The maximum Gasteiger partial charge on any atom is 0.289 e. The number of hydrogen-bond donors (Lipinski definition) is 0. The third kappa shape index (κ3) is 4.92. The zero-order chi connectivity index (χ0) is 24.7. The van der Waals surface area contributed by atoms with E-state index in [-0.39, 0.29) is 35.2 Å². The Morgan fingerprint density at radius 3 is 2.26 bits per heavy atom. The van der Waals surface area contributed by atoms with Gasteiger partial charge in [-0.15, -0.1) is 0 Å². The van der Waals surface area contributed by atoms with Gasteiger partial charge in [-0.3, -0.25) is 9.59 Å². The van der Waals surface area contributed by atoms with Gasteiger partial charge >= 0.3 is 0 Å². The van der Waals surface area contributed by atoms with Crippen molar-refractivity contribution in [1.29, 1.82) is 0 Å². The van der Waals surface area contributed by atoms with Crippen LogP contribution in [0, 0.1) is 17.8 Å². The van der Waals surface area contributed by atoms with E-state index < -0.39 is 9.84 Å². The van der Waals surface area contributed by atoms with E-state index in [1.807, 2.05) is 4.90 Å². The fourth-order valence-electron chi connectivity index (χ4n) is 7.61. The Morgan fingerprint density at radius 2 is 1.63 bits per heavy atom. The number of hydrogen-bond acceptors (Lipinski definition) is 5. The van der Waals surface area contributed by atoms with Gasteiger partial charge in [0, 0.05) is 24.8 Å². The number of amides is 2. The predicted octanol–water partition coefficient (Wildman–Crippen LogP) is 4.28. The van der Waals surface area contributed by atoms with Crippen LogP contribution in [0.1, 0.15) is 88.1 Å². The summed E-state index contributed by atoms with van der Waals surface area (Å²) < 4.78 is 29.6. The molecule has 4 atom stereocenters. The molecular weight excluding hydrogens is 464 g/mol. The van der Waals surface area contributed by atoms with Crippen LogP contribution >= 0.6 is 0 Å². The first-order valence-electron chi connectivity index (χ1n) is 13.6. The van der Waals surface area contributed by atoms with Crippen LogP contribution in [0.3, 0.4) is 0 Å². The largest absolute Gasteiger partial charge is 0.459 e. The van der Waals surface area contributed by atoms with Gasteiger partial charge in [-0.1, -0.05) is 12.8 Å². The molecule has 194 valence electrons. The Hall–Kier alpha value is -1.83. The number of piperazine rings is 1. The Bertz CT molecular complexity index is 1010. The highest BCUT2D eigenvalue weighted by molar-refractivity contribution is 7.91. The molecule has 3 saturated carbocycles. The predicted molar refractivity (Wildman–Crippen MR) is 134 cm³/mol. The molecule has 8 heteroatoms. The molecule has 4 fully saturated rings. The van der Waals surface area contributed by atoms with Gasteiger partial charge in [0.25, 0.3) is 5.91 Å². The smallest absolute Gasteiger partial charge is 0.289 e. The van der Waals surface area contributed by atoms with E-state index in [4.69, 9.17) is 4.42 Å². The highest BCUT2D eigenvalue weighted by Gasteiger charge is 2.49. The van der Waals surface area contributed by atoms with Gasteiger partial charge in [-0.2, -0.15) is 0 Å². The molecule has 4 aliphatic rings. The lowest BCUT2D eigenvalue weighted by Gasteiger charge is -2.55. The molecule has 0 radical (unpaired) electrons. The fraction of sp³-hybridized carbons (Fsp3) is 0.778. The van der Waals surface area contributed by atoms with Crippen molar-refractivity contribution in [2.75, 3.05) is 12.8 Å². The summed E-state index contributed by atoms with van der Waals surface area (Å²) in [6.45, 7) is 2.62. The molecule has 1 saturated heterocycles. The first-order valence-corrected chi connectivity index (χ1v) is 15.5. The summed E-state index contributed by atoms with van der Waals surface area (Å²) >= 11 is 0. The second-order valence-corrected chi connectivity index (χ2v) is 13.9. The Labute approximate surface area is 209 Å². The van der Waals surface area contributed by atoms with Gasteiger partial charge in [0.05, 0.1) is 23.6 Å². The molecule has 0 N–H and O–H groups in total. The minimum absolute atomic E-state index is 0.00925. The molecule has 5 rings (SSSR count). The van der Waals surface area contributed by atoms with E-state index in [9.17, 15) is 18.0 Å². The number of nitrogens with zero attached hydrogens (tertiary/aromatic N) is 2. The lowest BCUT2D eigenvalue weighted by atomic mass is 9.69. The summed E-state index contributed by atoms with van der Waals surface area (Å²) in [5.41, 5.74) is 0. The quantitative estimate of drug-likeness (QED) is 0.611. The zero-order valence-electron chi connectivity index (χ0n) is 21.1. The second-order valence-electron chi connectivity index (χ2n) is 11.6. The monoisotopic (exact) mass is 504 g/mol. The molecule has 3 aliphatic carbocycles. The van der Waals surface area contributed by atoms with E-state index in [2.05, 4.69) is 11.8 Å². The highest BCUT2D eigenvalue weighted by Crippen LogP contribution is 2.44. The van der Waals surface area contributed by atoms with Crippen LogP contribution in [0.25, 0.3) is 0 Å². The molecule has 35 heavy (non-hydrogen) atoms. The minimum atomic E-state index is -2.98. The summed E-state index contributed by atoms with van der Waals surface area (Å²) in [5.74, 6) is 1.67. The first kappa shape index (κ1) is 24.8. The topological polar surface area (TPSA) is 87.9 Å². The van der Waals surface area contributed by atoms with E-state index in [0.29, 0.717) is 30.0 Å². The molecule has 2 heterocycles. The normalized spacial score (nSPS) is 34.6. The summed E-state index contributed by atoms with van der Waals surface area (Å²) in [6, 6.07) is 3.50. The molecule has 0 aromatic carbocycles. The van der Waals surface area contributed by atoms with Crippen molar-refractivity contribution in [2.45, 2.75) is 101 Å². The number of rotatable bonds is 4. The lowest BCUT2D eigenvalue weighted by Crippen LogP contribution is -2.68. The average Bonchev–Trinajstić information content (AvgIpc) is 3.57. The van der Waals surface area contributed by atoms with Crippen molar-refractivity contribution in [3.63, 3.8) is 0 Å². The second kappa shape index (κ2) is 9.91. The van der Waals surface area contributed by atoms with Crippen molar-refractivity contribution in [3.05, 3.63) is 24.2 Å². The Kier molecular flexibility index (Phi) is 7.03. The standard InChI is InChI=1S/C27H40N2O5S/c1-18-17-28(27(31)25-8-5-15-34-25)24-16-21(19-9-12-22(13-10-19)35(2,32)33)11-14-23(24)29(18)26(30)20-6-3-4-7-20/h5,8,15,18-24H,3-4,6-7,9-14,16-17H2,1-2H3/t18-,19?,21?,22?,23?,24?/m0/s1. The molecule has 3 unspecified atom stereocenters. The molecular formula is C27H40N2O5S. The molecule has 1 aliphatic heterocycles. The summed E-state index contributed by atoms with van der Waals surface area (Å²) in [4.78, 5) is 31.3. The van der Waals surface area contributed by atoms with Crippen LogP contribution < -0.4 is 0 Å². The van der Waals surface area contributed by atoms with E-state index >= 15 is 0 Å². The maximum absolute atomic E-state index is 13.6. The van der Waals surface area contributed by atoms with E-state index in [1.54, 1.807) is 12.1 Å². The Morgan fingerprint density at radius 1 is 0.943 bits per heavy atom. The first-order chi connectivity index (χ1) is 16.7. The summed E-state index contributed by atoms with van der Waals surface area (Å²) in [7, 11) is -2.98. The minimum Gasteiger partial charge on any atom is -0.459 e. The average molecular weight is 505 g/mol. The SMILES string of the molecule is C[C@H]1CN(C(=O)c2ccco2)C2CC(C3CCC(S(C)(=O)=O)CC3)CCC2N1C(=O)C1CCCC1. The van der Waals surface area contributed by atoms with Gasteiger partial charge in [0.2, 0.25) is 5.91 Å². The maximum atomic E-state index is 13.6. The number of carbonyl (C=O) groups excluding carboxylic acids is 2. The van der Waals surface area contributed by atoms with E-state index in [1.165, 1.54) is 12.5 Å². The van der Waals surface area contributed by atoms with Crippen LogP contribution in [0.15, 0.2) is 22.8 Å². The molecule has 0 spiro atoms. The number of furan rings is 1. The van der Waals surface area contributed by atoms with Gasteiger partial charge in [-0.05, 0) is 88.7 Å². The number of sulfone groups is 1. The molecule has 0 bridgehead atoms. The summed E-state index contributed by atoms with van der Waals surface area (Å²) in [6.07, 6.45) is 13.3. The van der Waals surface area contributed by atoms with Gasteiger partial charge in [0.1, 0.15) is 9.84 Å². The van der Waals surface area contributed by atoms with Crippen molar-refractivity contribution < 1.29 is 22.4 Å². The van der Waals surface area contributed by atoms with Crippen molar-refractivity contribution in [2.24, 2.45) is 17.8 Å². The van der Waals surface area contributed by atoms with Crippen molar-refractivity contribution in [3.8, 4) is 0 Å². The number of carbonyl (C=O) groups is 2. The van der Waals surface area contributed by atoms with Crippen LogP contribution in [0.4, 0.5) is 0 Å². The molecule has 7 nitrogen and oxygen atoms in total. The zero-order valence-corrected chi connectivity index (χ0v) is 21.9. The van der Waals surface area contributed by atoms with Crippen LogP contribution in [-0.2, 0) is 14.6 Å². The summed E-state index contributed by atoms with van der Waals surface area (Å²) in [5, 5.41) is -0.206. The molecule has 1 aromatic heterocycles. The third-order valence-corrected chi connectivity index (χ3v) is 11.1.